The van der Waals surface area contributed by atoms with Gasteiger partial charge in [0, 0.05) is 12.6 Å². The third-order valence-corrected chi connectivity index (χ3v) is 6.29. The number of furan rings is 1. The Hall–Kier alpha value is -4.40. The number of aliphatic hydroxyl groups excluding tert-OH is 1. The van der Waals surface area contributed by atoms with E-state index in [9.17, 15) is 19.8 Å². The van der Waals surface area contributed by atoms with Crippen LogP contribution in [0.5, 0.6) is 17.2 Å². The Morgan fingerprint density at radius 3 is 2.71 bits per heavy atom. The van der Waals surface area contributed by atoms with Crippen molar-refractivity contribution < 1.29 is 33.7 Å². The van der Waals surface area contributed by atoms with E-state index in [0.717, 1.165) is 5.69 Å². The Kier molecular flexibility index (Phi) is 5.60. The van der Waals surface area contributed by atoms with Gasteiger partial charge in [-0.15, -0.1) is 0 Å². The molecule has 2 aliphatic rings. The highest BCUT2D eigenvalue weighted by Gasteiger charge is 2.46. The maximum absolute atomic E-state index is 13.2. The summed E-state index contributed by atoms with van der Waals surface area (Å²) in [6.07, 6.45) is 1.48. The number of methoxy groups -OCH3 is 1. The van der Waals surface area contributed by atoms with E-state index in [-0.39, 0.29) is 29.4 Å². The number of carbonyl (C=O) groups excluding carboxylic acids is 2. The highest BCUT2D eigenvalue weighted by molar-refractivity contribution is 6.46. The topological polar surface area (TPSA) is 113 Å². The van der Waals surface area contributed by atoms with Gasteiger partial charge in [-0.2, -0.15) is 0 Å². The van der Waals surface area contributed by atoms with Crippen molar-refractivity contribution in [2.75, 3.05) is 32.2 Å². The molecule has 0 spiro atoms. The monoisotopic (exact) mass is 476 g/mol. The minimum Gasteiger partial charge on any atom is -0.507 e. The molecule has 1 amide bonds. The summed E-state index contributed by atoms with van der Waals surface area (Å²) < 4.78 is 16.2. The number of aromatic hydroxyl groups is 1. The summed E-state index contributed by atoms with van der Waals surface area (Å²) in [4.78, 5) is 29.7. The lowest BCUT2D eigenvalue weighted by Crippen LogP contribution is -2.29. The summed E-state index contributed by atoms with van der Waals surface area (Å²) in [7, 11) is 3.34. The molecule has 0 bridgehead atoms. The second-order valence-corrected chi connectivity index (χ2v) is 8.39. The number of fused-ring (bicyclic) bond motifs is 1. The number of phenolic OH excluding ortho intramolecular Hbond substituents is 1. The zero-order valence-electron chi connectivity index (χ0n) is 19.2. The fourth-order valence-corrected chi connectivity index (χ4v) is 4.49. The molecule has 1 atom stereocenters. The van der Waals surface area contributed by atoms with Crippen LogP contribution >= 0.6 is 0 Å². The van der Waals surface area contributed by atoms with Crippen LogP contribution in [-0.4, -0.2) is 54.1 Å². The quantitative estimate of drug-likeness (QED) is 0.327. The fourth-order valence-electron chi connectivity index (χ4n) is 4.49. The van der Waals surface area contributed by atoms with Gasteiger partial charge >= 0.3 is 0 Å². The Morgan fingerprint density at radius 2 is 2.00 bits per heavy atom. The molecule has 2 aliphatic heterocycles. The zero-order chi connectivity index (χ0) is 24.7. The molecule has 0 radical (unpaired) electrons. The molecule has 3 heterocycles. The van der Waals surface area contributed by atoms with Crippen molar-refractivity contribution >= 4 is 23.1 Å². The van der Waals surface area contributed by atoms with Crippen LogP contribution in [0.4, 0.5) is 5.69 Å². The second kappa shape index (κ2) is 8.75. The third-order valence-electron chi connectivity index (χ3n) is 6.29. The van der Waals surface area contributed by atoms with Crippen LogP contribution in [-0.2, 0) is 16.1 Å². The zero-order valence-corrected chi connectivity index (χ0v) is 19.2. The van der Waals surface area contributed by atoms with Crippen LogP contribution < -0.4 is 14.4 Å². The number of carbonyl (C=O) groups is 2. The lowest BCUT2D eigenvalue weighted by Gasteiger charge is -2.28. The lowest BCUT2D eigenvalue weighted by molar-refractivity contribution is -0.140. The van der Waals surface area contributed by atoms with Gasteiger partial charge in [0.15, 0.2) is 11.5 Å². The third kappa shape index (κ3) is 3.84. The minimum absolute atomic E-state index is 0.00652. The van der Waals surface area contributed by atoms with Crippen molar-refractivity contribution in [3.05, 3.63) is 77.3 Å². The van der Waals surface area contributed by atoms with Crippen LogP contribution in [0.3, 0.4) is 0 Å². The number of hydrogen-bond acceptors (Lipinski definition) is 8. The number of ether oxygens (including phenoxy) is 2. The van der Waals surface area contributed by atoms with Gasteiger partial charge in [-0.3, -0.25) is 9.59 Å². The molecule has 3 aromatic rings. The van der Waals surface area contributed by atoms with Crippen molar-refractivity contribution in [3.63, 3.8) is 0 Å². The van der Waals surface area contributed by atoms with Gasteiger partial charge in [-0.1, -0.05) is 6.07 Å². The Morgan fingerprint density at radius 1 is 1.17 bits per heavy atom. The normalized spacial score (nSPS) is 19.0. The largest absolute Gasteiger partial charge is 0.507 e. The van der Waals surface area contributed by atoms with Crippen LogP contribution in [0.2, 0.25) is 0 Å². The van der Waals surface area contributed by atoms with E-state index in [1.165, 1.54) is 24.3 Å². The van der Waals surface area contributed by atoms with Gasteiger partial charge in [-0.25, -0.2) is 0 Å². The molecule has 2 N–H and O–H groups in total. The Balaban J connectivity index is 1.65. The molecule has 5 rings (SSSR count). The van der Waals surface area contributed by atoms with Crippen molar-refractivity contribution in [1.29, 1.82) is 0 Å². The summed E-state index contributed by atoms with van der Waals surface area (Å²) in [5.74, 6) is -0.672. The number of likely N-dealkylation sites (N-methyl/N-ethyl adjacent to an activating group) is 1. The predicted molar refractivity (Wildman–Crippen MR) is 126 cm³/mol. The number of Topliss-reactive ketones (excluding diaryl/α,β-unsaturated/α-hetero) is 1. The van der Waals surface area contributed by atoms with Gasteiger partial charge in [-0.05, 0) is 48.0 Å². The molecule has 1 aromatic heterocycles. The second-order valence-electron chi connectivity index (χ2n) is 8.39. The van der Waals surface area contributed by atoms with Crippen LogP contribution in [0, 0.1) is 0 Å². The van der Waals surface area contributed by atoms with E-state index < -0.39 is 17.7 Å². The highest BCUT2D eigenvalue weighted by atomic mass is 16.5. The molecule has 0 aliphatic carbocycles. The number of rotatable bonds is 5. The van der Waals surface area contributed by atoms with E-state index in [1.807, 2.05) is 11.9 Å². The lowest BCUT2D eigenvalue weighted by atomic mass is 9.94. The standard InChI is InChI=1S/C26H24N2O7/c1-27-9-11-35-20-7-6-16(12-18(20)27)24(30)22-23(15-5-8-21(33-2)19(29)13-15)28(26(32)25(22)31)14-17-4-3-10-34-17/h3-8,10,12-13,23,29-30H,9,11,14H2,1-2H3/b24-22-. The van der Waals surface area contributed by atoms with E-state index >= 15 is 0 Å². The first-order chi connectivity index (χ1) is 16.9. The van der Waals surface area contributed by atoms with E-state index in [1.54, 1.807) is 42.5 Å². The summed E-state index contributed by atoms with van der Waals surface area (Å²) in [6.45, 7) is 1.23. The average molecular weight is 476 g/mol. The number of aliphatic hydroxyl groups is 1. The van der Waals surface area contributed by atoms with Gasteiger partial charge in [0.25, 0.3) is 11.7 Å². The Bertz CT molecular complexity index is 1330. The van der Waals surface area contributed by atoms with E-state index in [0.29, 0.717) is 35.8 Å². The molecule has 1 unspecified atom stereocenters. The van der Waals surface area contributed by atoms with E-state index in [4.69, 9.17) is 13.9 Å². The first-order valence-electron chi connectivity index (χ1n) is 11.0. The van der Waals surface area contributed by atoms with Crippen molar-refractivity contribution in [3.8, 4) is 17.2 Å². The van der Waals surface area contributed by atoms with E-state index in [2.05, 4.69) is 0 Å². The minimum atomic E-state index is -0.957. The maximum Gasteiger partial charge on any atom is 0.296 e. The average Bonchev–Trinajstić information content (AvgIpc) is 3.46. The first-order valence-corrected chi connectivity index (χ1v) is 11.0. The molecule has 1 saturated heterocycles. The number of likely N-dealkylation sites (tertiary alicyclic amines) is 1. The van der Waals surface area contributed by atoms with Gasteiger partial charge < -0.3 is 33.9 Å². The van der Waals surface area contributed by atoms with Gasteiger partial charge in [0.1, 0.15) is 23.9 Å². The number of amides is 1. The van der Waals surface area contributed by atoms with Crippen molar-refractivity contribution in [1.82, 2.24) is 4.90 Å². The summed E-state index contributed by atoms with van der Waals surface area (Å²) >= 11 is 0. The first kappa shape index (κ1) is 22.4. The summed E-state index contributed by atoms with van der Waals surface area (Å²) in [5, 5.41) is 21.8. The van der Waals surface area contributed by atoms with Crippen molar-refractivity contribution in [2.24, 2.45) is 0 Å². The molecule has 1 fully saturated rings. The van der Waals surface area contributed by atoms with Crippen LogP contribution in [0.15, 0.2) is 64.8 Å². The number of nitrogens with zero attached hydrogens (tertiary/aromatic N) is 2. The number of hydrogen-bond donors (Lipinski definition) is 2. The molecule has 9 nitrogen and oxygen atoms in total. The molecule has 9 heteroatoms. The Labute approximate surface area is 201 Å². The van der Waals surface area contributed by atoms with Gasteiger partial charge in [0.05, 0.1) is 43.8 Å². The number of phenols is 1. The van der Waals surface area contributed by atoms with Crippen LogP contribution in [0.1, 0.15) is 22.9 Å². The molecule has 180 valence electrons. The molecule has 0 saturated carbocycles. The number of anilines is 1. The smallest absolute Gasteiger partial charge is 0.296 e. The van der Waals surface area contributed by atoms with Gasteiger partial charge in [0.2, 0.25) is 0 Å². The predicted octanol–water partition coefficient (Wildman–Crippen LogP) is 3.44. The summed E-state index contributed by atoms with van der Waals surface area (Å²) in [5.41, 5.74) is 1.50. The van der Waals surface area contributed by atoms with Crippen molar-refractivity contribution in [2.45, 2.75) is 12.6 Å². The fraction of sp³-hybridized carbons (Fsp3) is 0.231. The summed E-state index contributed by atoms with van der Waals surface area (Å²) in [6, 6.07) is 12.1. The number of benzene rings is 2. The molecular formula is C26H24N2O7. The molecule has 35 heavy (non-hydrogen) atoms. The van der Waals surface area contributed by atoms with Crippen LogP contribution in [0.25, 0.3) is 5.76 Å². The SMILES string of the molecule is COc1ccc(C2/C(=C(/O)c3ccc4c(c3)N(C)CCO4)C(=O)C(=O)N2Cc2ccco2)cc1O. The number of ketones is 1. The highest BCUT2D eigenvalue weighted by Crippen LogP contribution is 2.43. The molecular weight excluding hydrogens is 452 g/mol. The molecule has 2 aromatic carbocycles. The maximum atomic E-state index is 13.2.